The van der Waals surface area contributed by atoms with Gasteiger partial charge in [0.25, 0.3) is 0 Å². The molecular formula is C22H24O4. The molecule has 0 saturated carbocycles. The van der Waals surface area contributed by atoms with E-state index >= 15 is 0 Å². The highest BCUT2D eigenvalue weighted by Crippen LogP contribution is 2.57. The Kier molecular flexibility index (Phi) is 4.39. The van der Waals surface area contributed by atoms with Crippen LogP contribution in [0.5, 0.6) is 11.5 Å². The highest BCUT2D eigenvalue weighted by Gasteiger charge is 2.56. The molecule has 136 valence electrons. The quantitative estimate of drug-likeness (QED) is 0.889. The van der Waals surface area contributed by atoms with Crippen LogP contribution in [-0.2, 0) is 9.59 Å². The summed E-state index contributed by atoms with van der Waals surface area (Å²) in [6.07, 6.45) is 4.17. The Hall–Kier alpha value is -2.62. The Morgan fingerprint density at radius 1 is 1.27 bits per heavy atom. The van der Waals surface area contributed by atoms with Crippen molar-refractivity contribution in [3.63, 3.8) is 0 Å². The maximum Gasteiger partial charge on any atom is 0.166 e. The van der Waals surface area contributed by atoms with Gasteiger partial charge < -0.3 is 9.84 Å². The third-order valence-electron chi connectivity index (χ3n) is 6.11. The van der Waals surface area contributed by atoms with E-state index in [1.165, 1.54) is 0 Å². The smallest absolute Gasteiger partial charge is 0.166 e. The van der Waals surface area contributed by atoms with Crippen LogP contribution < -0.4 is 4.74 Å². The summed E-state index contributed by atoms with van der Waals surface area (Å²) in [7, 11) is 1.55. The first kappa shape index (κ1) is 18.2. The van der Waals surface area contributed by atoms with Crippen molar-refractivity contribution in [2.45, 2.75) is 33.1 Å². The van der Waals surface area contributed by atoms with Crippen LogP contribution in [0.3, 0.4) is 0 Å². The summed E-state index contributed by atoms with van der Waals surface area (Å²) in [6.45, 7) is 9.17. The van der Waals surface area contributed by atoms with Crippen LogP contribution in [0.15, 0.2) is 53.6 Å². The molecule has 0 heterocycles. The predicted molar refractivity (Wildman–Crippen MR) is 100 cm³/mol. The van der Waals surface area contributed by atoms with Crippen LogP contribution in [-0.4, -0.2) is 23.8 Å². The lowest BCUT2D eigenvalue weighted by Gasteiger charge is -2.48. The molecule has 1 aromatic carbocycles. The van der Waals surface area contributed by atoms with Gasteiger partial charge in [-0.25, -0.2) is 0 Å². The fourth-order valence-corrected chi connectivity index (χ4v) is 4.45. The lowest BCUT2D eigenvalue weighted by atomic mass is 9.52. The molecule has 2 aliphatic carbocycles. The molecule has 0 amide bonds. The van der Waals surface area contributed by atoms with E-state index in [0.717, 1.165) is 5.57 Å². The Balaban J connectivity index is 2.30. The number of ketones is 2. The molecule has 0 saturated heterocycles. The summed E-state index contributed by atoms with van der Waals surface area (Å²) in [5, 5.41) is 10.5. The molecule has 0 aliphatic heterocycles. The number of hydrogen-bond acceptors (Lipinski definition) is 4. The minimum Gasteiger partial charge on any atom is -0.508 e. The number of fused-ring (bicyclic) bond motifs is 1. The van der Waals surface area contributed by atoms with Gasteiger partial charge in [0, 0.05) is 17.4 Å². The van der Waals surface area contributed by atoms with Crippen LogP contribution in [0.1, 0.15) is 38.7 Å². The number of methoxy groups -OCH3 is 1. The van der Waals surface area contributed by atoms with Gasteiger partial charge in [-0.05, 0) is 55.2 Å². The minimum absolute atomic E-state index is 0.0105. The minimum atomic E-state index is -0.969. The third-order valence-corrected chi connectivity index (χ3v) is 6.11. The molecule has 3 rings (SSSR count). The summed E-state index contributed by atoms with van der Waals surface area (Å²) in [5.74, 6) is -0.276. The number of hydrogen-bond donors (Lipinski definition) is 1. The van der Waals surface area contributed by atoms with Crippen molar-refractivity contribution < 1.29 is 19.4 Å². The fraction of sp³-hybridized carbons (Fsp3) is 0.364. The molecule has 0 spiro atoms. The number of phenols is 1. The van der Waals surface area contributed by atoms with Crippen molar-refractivity contribution in [1.82, 2.24) is 0 Å². The first-order valence-electron chi connectivity index (χ1n) is 8.73. The van der Waals surface area contributed by atoms with E-state index in [1.807, 2.05) is 13.0 Å². The summed E-state index contributed by atoms with van der Waals surface area (Å²) in [5.41, 5.74) is 1.51. The molecule has 0 unspecified atom stereocenters. The Morgan fingerprint density at radius 2 is 1.96 bits per heavy atom. The SMILES string of the molecule is C=CC1=CC[C@H]2C(=O)C(C)=C(C)C(=O)[C@@]2(C)[C@H]1c1cc(OC)ccc1O. The Labute approximate surface area is 153 Å². The first-order valence-corrected chi connectivity index (χ1v) is 8.73. The van der Waals surface area contributed by atoms with Crippen molar-refractivity contribution in [3.8, 4) is 11.5 Å². The topological polar surface area (TPSA) is 63.6 Å². The van der Waals surface area contributed by atoms with Crippen molar-refractivity contribution in [2.24, 2.45) is 11.3 Å². The molecule has 0 aromatic heterocycles. The number of phenolic OH excluding ortho intramolecular Hbond substituents is 1. The number of carbonyl (C=O) groups excluding carboxylic acids is 2. The third kappa shape index (κ3) is 2.36. The molecular weight excluding hydrogens is 328 g/mol. The monoisotopic (exact) mass is 352 g/mol. The molecule has 4 nitrogen and oxygen atoms in total. The average molecular weight is 352 g/mol. The lowest BCUT2D eigenvalue weighted by molar-refractivity contribution is -0.138. The Bertz CT molecular complexity index is 874. The molecule has 1 aromatic rings. The summed E-state index contributed by atoms with van der Waals surface area (Å²) in [6, 6.07) is 4.97. The standard InChI is InChI=1S/C22H24O4/c1-6-14-7-9-17-20(24)12(2)13(3)21(25)22(17,4)19(14)16-11-15(26-5)8-10-18(16)23/h6-8,10-11,17,19,23H,1,9H2,2-5H3/t17-,19+,22+/m0/s1. The van der Waals surface area contributed by atoms with Gasteiger partial charge in [-0.1, -0.05) is 25.7 Å². The van der Waals surface area contributed by atoms with Gasteiger partial charge in [-0.3, -0.25) is 9.59 Å². The first-order chi connectivity index (χ1) is 12.3. The van der Waals surface area contributed by atoms with E-state index in [2.05, 4.69) is 6.58 Å². The van der Waals surface area contributed by atoms with Gasteiger partial charge in [0.2, 0.25) is 0 Å². The maximum atomic E-state index is 13.4. The van der Waals surface area contributed by atoms with Crippen molar-refractivity contribution in [1.29, 1.82) is 0 Å². The summed E-state index contributed by atoms with van der Waals surface area (Å²) < 4.78 is 5.31. The molecule has 0 bridgehead atoms. The van der Waals surface area contributed by atoms with Crippen LogP contribution in [0, 0.1) is 11.3 Å². The normalized spacial score (nSPS) is 28.5. The van der Waals surface area contributed by atoms with Crippen LogP contribution in [0.25, 0.3) is 0 Å². The largest absolute Gasteiger partial charge is 0.508 e. The molecule has 2 aliphatic rings. The summed E-state index contributed by atoms with van der Waals surface area (Å²) >= 11 is 0. The fourth-order valence-electron chi connectivity index (χ4n) is 4.45. The van der Waals surface area contributed by atoms with E-state index in [-0.39, 0.29) is 17.3 Å². The lowest BCUT2D eigenvalue weighted by Crippen LogP contribution is -2.50. The van der Waals surface area contributed by atoms with E-state index in [4.69, 9.17) is 4.74 Å². The Morgan fingerprint density at radius 3 is 2.58 bits per heavy atom. The number of ether oxygens (including phenoxy) is 1. The zero-order valence-corrected chi connectivity index (χ0v) is 15.6. The van der Waals surface area contributed by atoms with E-state index in [0.29, 0.717) is 28.9 Å². The van der Waals surface area contributed by atoms with E-state index in [1.54, 1.807) is 45.2 Å². The molecule has 26 heavy (non-hydrogen) atoms. The van der Waals surface area contributed by atoms with Crippen LogP contribution >= 0.6 is 0 Å². The van der Waals surface area contributed by atoms with Gasteiger partial charge in [-0.2, -0.15) is 0 Å². The second kappa shape index (κ2) is 6.27. The second-order valence-electron chi connectivity index (χ2n) is 7.28. The number of carbonyl (C=O) groups is 2. The zero-order chi connectivity index (χ0) is 19.2. The molecule has 0 radical (unpaired) electrons. The number of allylic oxidation sites excluding steroid dienone is 5. The molecule has 1 N–H and O–H groups in total. The predicted octanol–water partition coefficient (Wildman–Crippen LogP) is 4.11. The number of Topliss-reactive ketones (excluding diaryl/α,β-unsaturated/α-hetero) is 2. The van der Waals surface area contributed by atoms with Crippen molar-refractivity contribution in [3.05, 3.63) is 59.2 Å². The highest BCUT2D eigenvalue weighted by molar-refractivity contribution is 6.15. The highest BCUT2D eigenvalue weighted by atomic mass is 16.5. The number of rotatable bonds is 3. The molecule has 4 heteroatoms. The van der Waals surface area contributed by atoms with Gasteiger partial charge in [0.1, 0.15) is 11.5 Å². The van der Waals surface area contributed by atoms with E-state index < -0.39 is 17.3 Å². The van der Waals surface area contributed by atoms with Crippen LogP contribution in [0.2, 0.25) is 0 Å². The van der Waals surface area contributed by atoms with Crippen molar-refractivity contribution in [2.75, 3.05) is 7.11 Å². The van der Waals surface area contributed by atoms with Crippen LogP contribution in [0.4, 0.5) is 0 Å². The summed E-state index contributed by atoms with van der Waals surface area (Å²) in [4.78, 5) is 26.3. The van der Waals surface area contributed by atoms with E-state index in [9.17, 15) is 14.7 Å². The zero-order valence-electron chi connectivity index (χ0n) is 15.6. The second-order valence-corrected chi connectivity index (χ2v) is 7.28. The number of benzene rings is 1. The van der Waals surface area contributed by atoms with Gasteiger partial charge in [0.15, 0.2) is 11.6 Å². The molecule has 0 fully saturated rings. The van der Waals surface area contributed by atoms with Gasteiger partial charge >= 0.3 is 0 Å². The van der Waals surface area contributed by atoms with Crippen molar-refractivity contribution >= 4 is 11.6 Å². The van der Waals surface area contributed by atoms with Gasteiger partial charge in [-0.15, -0.1) is 0 Å². The van der Waals surface area contributed by atoms with Gasteiger partial charge in [0.05, 0.1) is 12.5 Å². The molecule has 3 atom stereocenters. The average Bonchev–Trinajstić information content (AvgIpc) is 2.65. The number of aromatic hydroxyl groups is 1. The maximum absolute atomic E-state index is 13.4.